The van der Waals surface area contributed by atoms with E-state index in [0.29, 0.717) is 5.56 Å². The van der Waals surface area contributed by atoms with Gasteiger partial charge in [0.1, 0.15) is 11.0 Å². The monoisotopic (exact) mass is 456 g/mol. The van der Waals surface area contributed by atoms with Crippen molar-refractivity contribution in [3.8, 4) is 11.8 Å². The van der Waals surface area contributed by atoms with Crippen LogP contribution in [0.15, 0.2) is 23.1 Å². The highest BCUT2D eigenvalue weighted by Gasteiger charge is 2.33. The molecule has 13 heteroatoms. The quantitative estimate of drug-likeness (QED) is 0.642. The minimum atomic E-state index is -4.49. The Morgan fingerprint density at radius 1 is 1.20 bits per heavy atom. The number of rotatable bonds is 5. The average Bonchev–Trinajstić information content (AvgIpc) is 2.65. The van der Waals surface area contributed by atoms with E-state index in [9.17, 15) is 18.0 Å². The maximum absolute atomic E-state index is 12.8. The number of carbonyl (C=O) groups is 2. The zero-order chi connectivity index (χ0) is 22.1. The fourth-order valence-corrected chi connectivity index (χ4v) is 4.28. The number of aromatic nitrogens is 2. The number of hydrogen-bond acceptors (Lipinski definition) is 9. The highest BCUT2D eigenvalue weighted by molar-refractivity contribution is 7.90. The Kier molecular flexibility index (Phi) is 5.99. The lowest BCUT2D eigenvalue weighted by Gasteiger charge is -2.24. The molecule has 2 amide bonds. The first kappa shape index (κ1) is 21.6. The normalized spacial score (nSPS) is 15.6. The number of hydrogen-bond donors (Lipinski definition) is 2. The lowest BCUT2D eigenvalue weighted by atomic mass is 9.99. The van der Waals surface area contributed by atoms with E-state index in [0.717, 1.165) is 6.07 Å². The van der Waals surface area contributed by atoms with Gasteiger partial charge in [0.15, 0.2) is 0 Å². The van der Waals surface area contributed by atoms with Gasteiger partial charge < -0.3 is 14.2 Å². The van der Waals surface area contributed by atoms with Crippen molar-refractivity contribution >= 4 is 39.6 Å². The molecular formula is C17H17ClN4O7S. The Balaban J connectivity index is 1.89. The van der Waals surface area contributed by atoms with Crippen molar-refractivity contribution in [1.29, 1.82) is 0 Å². The number of nitrogens with zero attached hydrogens (tertiary/aromatic N) is 2. The van der Waals surface area contributed by atoms with Gasteiger partial charge in [-0.25, -0.2) is 22.7 Å². The highest BCUT2D eigenvalue weighted by atomic mass is 35.5. The molecule has 2 aromatic rings. The fraction of sp³-hybridized carbons (Fsp3) is 0.294. The number of halogens is 1. The number of fused-ring (bicyclic) bond motifs is 1. The van der Waals surface area contributed by atoms with Gasteiger partial charge in [-0.15, -0.1) is 0 Å². The molecule has 1 aliphatic rings. The van der Waals surface area contributed by atoms with Crippen molar-refractivity contribution in [1.82, 2.24) is 14.7 Å². The predicted molar refractivity (Wildman–Crippen MR) is 105 cm³/mol. The van der Waals surface area contributed by atoms with E-state index in [2.05, 4.69) is 15.3 Å². The summed E-state index contributed by atoms with van der Waals surface area (Å²) in [5.41, 5.74) is 0.241. The summed E-state index contributed by atoms with van der Waals surface area (Å²) in [7, 11) is -1.80. The zero-order valence-electron chi connectivity index (χ0n) is 16.1. The lowest BCUT2D eigenvalue weighted by molar-refractivity contribution is 0.0295. The molecule has 160 valence electrons. The smallest absolute Gasteiger partial charge is 0.340 e. The molecule has 11 nitrogen and oxygen atoms in total. The maximum Gasteiger partial charge on any atom is 0.340 e. The van der Waals surface area contributed by atoms with Gasteiger partial charge in [-0.05, 0) is 24.6 Å². The second kappa shape index (κ2) is 8.32. The van der Waals surface area contributed by atoms with Crippen LogP contribution in [0.4, 0.5) is 10.7 Å². The van der Waals surface area contributed by atoms with Crippen LogP contribution in [0.2, 0.25) is 5.02 Å². The molecule has 0 radical (unpaired) electrons. The number of sulfonamides is 1. The number of nitrogens with one attached hydrogen (secondary N) is 2. The summed E-state index contributed by atoms with van der Waals surface area (Å²) in [6, 6.07) is 2.75. The minimum Gasteiger partial charge on any atom is -0.481 e. The van der Waals surface area contributed by atoms with E-state index in [1.807, 2.05) is 0 Å². The van der Waals surface area contributed by atoms with E-state index in [-0.39, 0.29) is 34.7 Å². The van der Waals surface area contributed by atoms with Crippen molar-refractivity contribution in [2.24, 2.45) is 0 Å². The first-order chi connectivity index (χ1) is 14.1. The Hall–Kier alpha value is -3.12. The number of carbonyl (C=O) groups excluding carboxylic acids is 2. The first-order valence-corrected chi connectivity index (χ1v) is 10.3. The highest BCUT2D eigenvalue weighted by Crippen LogP contribution is 2.30. The van der Waals surface area contributed by atoms with Crippen LogP contribution in [0.25, 0.3) is 0 Å². The van der Waals surface area contributed by atoms with Crippen molar-refractivity contribution in [3.05, 3.63) is 34.3 Å². The molecular weight excluding hydrogens is 440 g/mol. The fourth-order valence-electron chi connectivity index (χ4n) is 2.81. The summed E-state index contributed by atoms with van der Waals surface area (Å²) in [6.45, 7) is 1.67. The van der Waals surface area contributed by atoms with Crippen LogP contribution in [0, 0.1) is 0 Å². The summed E-state index contributed by atoms with van der Waals surface area (Å²) in [5, 5.41) is 2.26. The number of ether oxygens (including phenoxy) is 3. The molecule has 2 N–H and O–H groups in total. The third-order valence-electron chi connectivity index (χ3n) is 4.01. The van der Waals surface area contributed by atoms with Crippen LogP contribution in [-0.4, -0.2) is 50.7 Å². The van der Waals surface area contributed by atoms with E-state index in [1.54, 1.807) is 11.6 Å². The second-order valence-corrected chi connectivity index (χ2v) is 8.28. The molecule has 1 aromatic heterocycles. The largest absolute Gasteiger partial charge is 0.481 e. The number of esters is 1. The minimum absolute atomic E-state index is 0.0841. The van der Waals surface area contributed by atoms with Crippen LogP contribution >= 0.6 is 11.6 Å². The van der Waals surface area contributed by atoms with Gasteiger partial charge in [0, 0.05) is 11.4 Å². The van der Waals surface area contributed by atoms with Gasteiger partial charge in [0.2, 0.25) is 17.7 Å². The molecule has 0 spiro atoms. The molecule has 0 bridgehead atoms. The summed E-state index contributed by atoms with van der Waals surface area (Å²) in [6.07, 6.45) is -0.149. The van der Waals surface area contributed by atoms with E-state index in [1.165, 1.54) is 26.4 Å². The number of amides is 2. The lowest BCUT2D eigenvalue weighted by Crippen LogP contribution is -2.37. The van der Waals surface area contributed by atoms with Gasteiger partial charge in [-0.1, -0.05) is 11.6 Å². The topological polar surface area (TPSA) is 146 Å². The number of cyclic esters (lactones) is 1. The van der Waals surface area contributed by atoms with Gasteiger partial charge in [-0.2, -0.15) is 9.97 Å². The molecule has 30 heavy (non-hydrogen) atoms. The summed E-state index contributed by atoms with van der Waals surface area (Å²) in [4.78, 5) is 31.8. The van der Waals surface area contributed by atoms with Crippen molar-refractivity contribution in [3.63, 3.8) is 0 Å². The van der Waals surface area contributed by atoms with E-state index >= 15 is 0 Å². The summed E-state index contributed by atoms with van der Waals surface area (Å²) in [5.74, 6) is -0.913. The van der Waals surface area contributed by atoms with E-state index < -0.39 is 33.0 Å². The van der Waals surface area contributed by atoms with Crippen LogP contribution < -0.4 is 19.5 Å². The van der Waals surface area contributed by atoms with Gasteiger partial charge in [0.25, 0.3) is 10.0 Å². The standard InChI is InChI=1S/C17H17ClN4O7S/c1-8-4-9-5-10(18)6-11(14(9)15(23)29-8)30(25,26)22-17(24)21-16-19-12(27-2)7-13(20-16)28-3/h5-8H,4H2,1-3H3,(H2,19,20,21,22,24). The van der Waals surface area contributed by atoms with E-state index in [4.69, 9.17) is 25.8 Å². The Morgan fingerprint density at radius 3 is 2.43 bits per heavy atom. The maximum atomic E-state index is 12.8. The number of methoxy groups -OCH3 is 2. The number of benzene rings is 1. The molecule has 2 heterocycles. The SMILES string of the molecule is COc1cc(OC)nc(NC(=O)NS(=O)(=O)c2cc(Cl)cc3c2C(=O)OC(C)C3)n1. The Morgan fingerprint density at radius 2 is 1.83 bits per heavy atom. The van der Waals surface area contributed by atoms with Crippen molar-refractivity contribution < 1.29 is 32.2 Å². The summed E-state index contributed by atoms with van der Waals surface area (Å²) >= 11 is 6.02. The summed E-state index contributed by atoms with van der Waals surface area (Å²) < 4.78 is 42.4. The Bertz CT molecular complexity index is 1100. The van der Waals surface area contributed by atoms with Gasteiger partial charge in [0.05, 0.1) is 25.8 Å². The number of anilines is 1. The predicted octanol–water partition coefficient (Wildman–Crippen LogP) is 1.76. The molecule has 0 aliphatic carbocycles. The molecule has 0 saturated heterocycles. The molecule has 1 aliphatic heterocycles. The third kappa shape index (κ3) is 4.54. The van der Waals surface area contributed by atoms with Gasteiger partial charge in [-0.3, -0.25) is 5.32 Å². The Labute approximate surface area is 176 Å². The molecule has 0 fully saturated rings. The molecule has 1 unspecified atom stereocenters. The first-order valence-electron chi connectivity index (χ1n) is 8.47. The van der Waals surface area contributed by atoms with Crippen molar-refractivity contribution in [2.45, 2.75) is 24.3 Å². The second-order valence-electron chi connectivity index (χ2n) is 6.19. The average molecular weight is 457 g/mol. The van der Waals surface area contributed by atoms with Crippen LogP contribution in [0.5, 0.6) is 11.8 Å². The molecule has 1 atom stereocenters. The zero-order valence-corrected chi connectivity index (χ0v) is 17.6. The van der Waals surface area contributed by atoms with Crippen LogP contribution in [0.1, 0.15) is 22.8 Å². The van der Waals surface area contributed by atoms with Crippen LogP contribution in [0.3, 0.4) is 0 Å². The van der Waals surface area contributed by atoms with Crippen molar-refractivity contribution in [2.75, 3.05) is 19.5 Å². The molecule has 1 aromatic carbocycles. The molecule has 0 saturated carbocycles. The third-order valence-corrected chi connectivity index (χ3v) is 5.58. The molecule has 3 rings (SSSR count). The number of urea groups is 1. The van der Waals surface area contributed by atoms with Gasteiger partial charge >= 0.3 is 12.0 Å². The van der Waals surface area contributed by atoms with Crippen LogP contribution in [-0.2, 0) is 21.2 Å².